The highest BCUT2D eigenvalue weighted by Gasteiger charge is 2.43. The maximum absolute atomic E-state index is 14.4. The number of nitrogens with zero attached hydrogens (tertiary/aromatic N) is 1. The molecular formula is C37H41N5O4. The molecule has 2 aliphatic heterocycles. The van der Waals surface area contributed by atoms with Crippen LogP contribution in [-0.4, -0.2) is 64.2 Å². The van der Waals surface area contributed by atoms with Crippen LogP contribution < -0.4 is 16.0 Å². The molecule has 2 fully saturated rings. The zero-order chi connectivity index (χ0) is 32.0. The van der Waals surface area contributed by atoms with Crippen LogP contribution in [0, 0.1) is 5.92 Å². The van der Waals surface area contributed by atoms with Gasteiger partial charge in [0.05, 0.1) is 0 Å². The zero-order valence-electron chi connectivity index (χ0n) is 26.1. The van der Waals surface area contributed by atoms with Crippen molar-refractivity contribution in [2.75, 3.05) is 6.54 Å². The van der Waals surface area contributed by atoms with E-state index in [-0.39, 0.29) is 37.0 Å². The van der Waals surface area contributed by atoms with E-state index in [4.69, 9.17) is 0 Å². The number of hydrogen-bond acceptors (Lipinski definition) is 4. The second kappa shape index (κ2) is 14.0. The normalized spacial score (nSPS) is 24.0. The molecule has 2 aliphatic rings. The van der Waals surface area contributed by atoms with Gasteiger partial charge in [0.15, 0.2) is 0 Å². The molecule has 0 aliphatic carbocycles. The quantitative estimate of drug-likeness (QED) is 0.240. The summed E-state index contributed by atoms with van der Waals surface area (Å²) in [6, 6.07) is 23.2. The smallest absolute Gasteiger partial charge is 0.246 e. The van der Waals surface area contributed by atoms with Crippen molar-refractivity contribution in [3.63, 3.8) is 0 Å². The number of rotatable bonds is 8. The number of nitrogens with one attached hydrogen (secondary N) is 4. The summed E-state index contributed by atoms with van der Waals surface area (Å²) < 4.78 is 0. The van der Waals surface area contributed by atoms with E-state index < -0.39 is 36.0 Å². The molecule has 4 aromatic rings. The van der Waals surface area contributed by atoms with E-state index in [2.05, 4.69) is 27.9 Å². The molecule has 5 unspecified atom stereocenters. The average Bonchev–Trinajstić information content (AvgIpc) is 3.68. The third-order valence-corrected chi connectivity index (χ3v) is 9.22. The molecule has 3 aromatic carbocycles. The fourth-order valence-corrected chi connectivity index (χ4v) is 6.88. The molecule has 5 atom stereocenters. The van der Waals surface area contributed by atoms with Gasteiger partial charge in [-0.1, -0.05) is 92.2 Å². The molecule has 46 heavy (non-hydrogen) atoms. The highest BCUT2D eigenvalue weighted by atomic mass is 16.2. The molecule has 0 spiro atoms. The summed E-state index contributed by atoms with van der Waals surface area (Å²) in [6.07, 6.45) is 4.88. The van der Waals surface area contributed by atoms with E-state index in [1.54, 1.807) is 4.90 Å². The van der Waals surface area contributed by atoms with Crippen molar-refractivity contribution in [1.29, 1.82) is 0 Å². The SMILES string of the molecule is CCCC1CC2C(=O)NC(Cc3ccccc3)C(=O)NC(Cc3c[nH]c4ccccc34)C(=O)NC(Cc3ccccc3)C(=O)N2C1. The van der Waals surface area contributed by atoms with Gasteiger partial charge in [-0.15, -0.1) is 0 Å². The first-order valence-corrected chi connectivity index (χ1v) is 16.2. The number of H-pyrrole nitrogens is 1. The zero-order valence-corrected chi connectivity index (χ0v) is 26.1. The summed E-state index contributed by atoms with van der Waals surface area (Å²) in [5.74, 6) is -1.37. The Bertz CT molecular complexity index is 1690. The Morgan fingerprint density at radius 3 is 1.91 bits per heavy atom. The maximum Gasteiger partial charge on any atom is 0.246 e. The summed E-state index contributed by atoms with van der Waals surface area (Å²) in [5.41, 5.74) is 3.54. The highest BCUT2D eigenvalue weighted by molar-refractivity contribution is 5.98. The van der Waals surface area contributed by atoms with Crippen LogP contribution >= 0.6 is 0 Å². The molecule has 9 nitrogen and oxygen atoms in total. The molecule has 0 radical (unpaired) electrons. The summed E-state index contributed by atoms with van der Waals surface area (Å²) in [4.78, 5) is 61.4. The van der Waals surface area contributed by atoms with Gasteiger partial charge < -0.3 is 25.8 Å². The van der Waals surface area contributed by atoms with Gasteiger partial charge in [-0.3, -0.25) is 19.2 Å². The number of carbonyl (C=O) groups is 4. The Kier molecular flexibility index (Phi) is 9.47. The van der Waals surface area contributed by atoms with Gasteiger partial charge in [0.1, 0.15) is 24.2 Å². The molecule has 238 valence electrons. The van der Waals surface area contributed by atoms with E-state index in [0.29, 0.717) is 13.0 Å². The largest absolute Gasteiger partial charge is 0.361 e. The number of hydrogen-bond donors (Lipinski definition) is 4. The van der Waals surface area contributed by atoms with Crippen molar-refractivity contribution in [3.8, 4) is 0 Å². The minimum atomic E-state index is -0.991. The number of benzene rings is 3. The van der Waals surface area contributed by atoms with E-state index in [9.17, 15) is 19.2 Å². The van der Waals surface area contributed by atoms with Crippen LogP contribution in [-0.2, 0) is 38.4 Å². The Labute approximate surface area is 269 Å². The molecule has 4 amide bonds. The van der Waals surface area contributed by atoms with Crippen molar-refractivity contribution in [2.45, 2.75) is 69.6 Å². The lowest BCUT2D eigenvalue weighted by molar-refractivity contribution is -0.143. The molecule has 6 rings (SSSR count). The highest BCUT2D eigenvalue weighted by Crippen LogP contribution is 2.29. The molecular weight excluding hydrogens is 578 g/mol. The summed E-state index contributed by atoms with van der Waals surface area (Å²) in [6.45, 7) is 2.52. The molecule has 0 saturated carbocycles. The van der Waals surface area contributed by atoms with E-state index in [0.717, 1.165) is 40.4 Å². The topological polar surface area (TPSA) is 123 Å². The van der Waals surface area contributed by atoms with Gasteiger partial charge in [0, 0.05) is 42.9 Å². The van der Waals surface area contributed by atoms with Gasteiger partial charge in [0.2, 0.25) is 23.6 Å². The van der Waals surface area contributed by atoms with Crippen molar-refractivity contribution in [2.24, 2.45) is 5.92 Å². The second-order valence-electron chi connectivity index (χ2n) is 12.5. The third-order valence-electron chi connectivity index (χ3n) is 9.22. The molecule has 4 N–H and O–H groups in total. The monoisotopic (exact) mass is 619 g/mol. The summed E-state index contributed by atoms with van der Waals surface area (Å²) in [7, 11) is 0. The summed E-state index contributed by atoms with van der Waals surface area (Å²) in [5, 5.41) is 9.92. The molecule has 3 heterocycles. The second-order valence-corrected chi connectivity index (χ2v) is 12.5. The van der Waals surface area contributed by atoms with Gasteiger partial charge in [0.25, 0.3) is 0 Å². The Balaban J connectivity index is 1.37. The van der Waals surface area contributed by atoms with Crippen LogP contribution in [0.2, 0.25) is 0 Å². The Morgan fingerprint density at radius 2 is 1.24 bits per heavy atom. The maximum atomic E-state index is 14.4. The van der Waals surface area contributed by atoms with Gasteiger partial charge in [-0.25, -0.2) is 0 Å². The van der Waals surface area contributed by atoms with Crippen LogP contribution in [0.5, 0.6) is 0 Å². The van der Waals surface area contributed by atoms with Crippen molar-refractivity contribution in [1.82, 2.24) is 25.8 Å². The lowest BCUT2D eigenvalue weighted by Gasteiger charge is -2.32. The molecule has 1 aromatic heterocycles. The number of carbonyl (C=O) groups excluding carboxylic acids is 4. The van der Waals surface area contributed by atoms with E-state index in [1.807, 2.05) is 91.1 Å². The third kappa shape index (κ3) is 6.98. The first-order chi connectivity index (χ1) is 22.4. The number of para-hydroxylation sites is 1. The first kappa shape index (κ1) is 31.1. The fourth-order valence-electron chi connectivity index (χ4n) is 6.88. The predicted octanol–water partition coefficient (Wildman–Crippen LogP) is 3.68. The fraction of sp³-hybridized carbons (Fsp3) is 0.351. The average molecular weight is 620 g/mol. The minimum absolute atomic E-state index is 0.152. The lowest BCUT2D eigenvalue weighted by Crippen LogP contribution is -2.62. The van der Waals surface area contributed by atoms with Crippen molar-refractivity contribution in [3.05, 3.63) is 108 Å². The molecule has 2 saturated heterocycles. The molecule has 9 heteroatoms. The minimum Gasteiger partial charge on any atom is -0.361 e. The van der Waals surface area contributed by atoms with Crippen LogP contribution in [0.1, 0.15) is 42.9 Å². The van der Waals surface area contributed by atoms with Crippen LogP contribution in [0.15, 0.2) is 91.1 Å². The number of aromatic amines is 1. The van der Waals surface area contributed by atoms with Crippen molar-refractivity contribution < 1.29 is 19.2 Å². The van der Waals surface area contributed by atoms with Crippen LogP contribution in [0.3, 0.4) is 0 Å². The van der Waals surface area contributed by atoms with Crippen molar-refractivity contribution >= 4 is 34.5 Å². The molecule has 0 bridgehead atoms. The summed E-state index contributed by atoms with van der Waals surface area (Å²) >= 11 is 0. The Hall–Kier alpha value is -4.92. The predicted molar refractivity (Wildman–Crippen MR) is 177 cm³/mol. The Morgan fingerprint density at radius 1 is 0.674 bits per heavy atom. The standard InChI is InChI=1S/C37H41N5O4/c1-2-11-26-20-33-36(45)40-30(18-24-12-5-3-6-13-24)34(43)39-31(21-27-22-38-29-17-10-9-16-28(27)29)35(44)41-32(37(46)42(33)23-26)19-25-14-7-4-8-15-25/h3-10,12-17,22,26,30-33,38H,2,11,18-21,23H2,1H3,(H,39,43)(H,40,45)(H,41,44). The lowest BCUT2D eigenvalue weighted by atomic mass is 9.98. The first-order valence-electron chi connectivity index (χ1n) is 16.2. The number of fused-ring (bicyclic) bond motifs is 2. The van der Waals surface area contributed by atoms with Gasteiger partial charge in [-0.05, 0) is 41.5 Å². The van der Waals surface area contributed by atoms with E-state index in [1.165, 1.54) is 0 Å². The van der Waals surface area contributed by atoms with Gasteiger partial charge in [-0.2, -0.15) is 0 Å². The number of amides is 4. The van der Waals surface area contributed by atoms with Crippen LogP contribution in [0.4, 0.5) is 0 Å². The van der Waals surface area contributed by atoms with Gasteiger partial charge >= 0.3 is 0 Å². The van der Waals surface area contributed by atoms with E-state index >= 15 is 0 Å². The number of aromatic nitrogens is 1. The van der Waals surface area contributed by atoms with Crippen LogP contribution in [0.25, 0.3) is 10.9 Å².